The van der Waals surface area contributed by atoms with Crippen molar-refractivity contribution in [3.05, 3.63) is 152 Å². The highest BCUT2D eigenvalue weighted by atomic mass is 31.2. The minimum Gasteiger partial charge on any atom is -0.456 e. The Morgan fingerprint density at radius 1 is 0.413 bits per heavy atom. The van der Waals surface area contributed by atoms with Crippen LogP contribution in [0.25, 0.3) is 44.8 Å². The molecule has 5 nitrogen and oxygen atoms in total. The van der Waals surface area contributed by atoms with E-state index in [-0.39, 0.29) is 0 Å². The molecule has 2 aliphatic heterocycles. The molecule has 0 amide bonds. The lowest BCUT2D eigenvalue weighted by molar-refractivity contribution is 0.462. The van der Waals surface area contributed by atoms with Gasteiger partial charge in [0.1, 0.15) is 28.3 Å². The zero-order chi connectivity index (χ0) is 30.7. The number of pyridine rings is 2. The summed E-state index contributed by atoms with van der Waals surface area (Å²) in [5, 5.41) is 1.98. The van der Waals surface area contributed by atoms with Crippen LogP contribution in [0.1, 0.15) is 0 Å². The molecule has 9 rings (SSSR count). The Balaban J connectivity index is 1.10. The zero-order valence-corrected chi connectivity index (χ0v) is 25.4. The van der Waals surface area contributed by atoms with Gasteiger partial charge in [-0.2, -0.15) is 0 Å². The molecule has 0 atom stereocenters. The van der Waals surface area contributed by atoms with Gasteiger partial charge in [0.15, 0.2) is 7.14 Å². The van der Waals surface area contributed by atoms with E-state index < -0.39 is 7.14 Å². The zero-order valence-electron chi connectivity index (χ0n) is 24.5. The van der Waals surface area contributed by atoms with Crippen molar-refractivity contribution in [1.82, 2.24) is 9.97 Å². The standard InChI is InChI=1S/C40H25N2O3P/c43-46-38-20-18-30(26-10-14-28(15-11-26)32-6-1-3-22-41-32)24-36(38)44-34-8-5-9-35(40(34)46)45-37-25-31(19-21-39(37)46)27-12-16-29(17-13-27)33-7-2-4-23-42-33/h1-25H. The predicted molar refractivity (Wildman–Crippen MR) is 183 cm³/mol. The maximum absolute atomic E-state index is 15.5. The van der Waals surface area contributed by atoms with E-state index in [1.165, 1.54) is 0 Å². The summed E-state index contributed by atoms with van der Waals surface area (Å²) >= 11 is 0. The van der Waals surface area contributed by atoms with E-state index in [9.17, 15) is 0 Å². The molecule has 0 N–H and O–H groups in total. The number of hydrogen-bond donors (Lipinski definition) is 0. The molecular formula is C40H25N2O3P. The molecule has 46 heavy (non-hydrogen) atoms. The van der Waals surface area contributed by atoms with Crippen molar-refractivity contribution < 1.29 is 14.0 Å². The molecule has 4 heterocycles. The third-order valence-corrected chi connectivity index (χ3v) is 11.8. The van der Waals surface area contributed by atoms with E-state index in [2.05, 4.69) is 58.5 Å². The Kier molecular flexibility index (Phi) is 6.02. The first kappa shape index (κ1) is 26.6. The number of nitrogens with zero attached hydrogens (tertiary/aromatic N) is 2. The highest BCUT2D eigenvalue weighted by Gasteiger charge is 2.46. The molecule has 0 spiro atoms. The average Bonchev–Trinajstić information content (AvgIpc) is 3.12. The van der Waals surface area contributed by atoms with Crippen LogP contribution in [0.4, 0.5) is 0 Å². The maximum atomic E-state index is 15.5. The van der Waals surface area contributed by atoms with Crippen molar-refractivity contribution in [2.24, 2.45) is 0 Å². The molecule has 0 aliphatic carbocycles. The smallest absolute Gasteiger partial charge is 0.185 e. The van der Waals surface area contributed by atoms with Gasteiger partial charge >= 0.3 is 0 Å². The number of fused-ring (bicyclic) bond motifs is 4. The van der Waals surface area contributed by atoms with Gasteiger partial charge in [-0.15, -0.1) is 0 Å². The fourth-order valence-electron chi connectivity index (χ4n) is 6.39. The molecule has 218 valence electrons. The first-order chi connectivity index (χ1) is 22.6. The number of aromatic nitrogens is 2. The van der Waals surface area contributed by atoms with Crippen molar-refractivity contribution in [2.75, 3.05) is 0 Å². The lowest BCUT2D eigenvalue weighted by Gasteiger charge is -2.34. The second-order valence-electron chi connectivity index (χ2n) is 11.4. The minimum atomic E-state index is -3.30. The van der Waals surface area contributed by atoms with Gasteiger partial charge in [-0.1, -0.05) is 78.9 Å². The van der Waals surface area contributed by atoms with E-state index in [0.717, 1.165) is 44.8 Å². The topological polar surface area (TPSA) is 61.3 Å². The van der Waals surface area contributed by atoms with Crippen molar-refractivity contribution in [1.29, 1.82) is 0 Å². The molecule has 0 saturated carbocycles. The fraction of sp³-hybridized carbons (Fsp3) is 0. The summed E-state index contributed by atoms with van der Waals surface area (Å²) in [7, 11) is -3.30. The van der Waals surface area contributed by atoms with Crippen LogP contribution >= 0.6 is 7.14 Å². The summed E-state index contributed by atoms with van der Waals surface area (Å²) < 4.78 is 28.3. The number of hydrogen-bond acceptors (Lipinski definition) is 5. The Labute approximate surface area is 266 Å². The molecule has 0 unspecified atom stereocenters. The Morgan fingerprint density at radius 3 is 1.28 bits per heavy atom. The average molecular weight is 613 g/mol. The summed E-state index contributed by atoms with van der Waals surface area (Å²) in [6.45, 7) is 0. The van der Waals surface area contributed by atoms with Crippen molar-refractivity contribution >= 4 is 23.1 Å². The first-order valence-corrected chi connectivity index (χ1v) is 16.8. The normalized spacial score (nSPS) is 13.4. The van der Waals surface area contributed by atoms with Crippen molar-refractivity contribution in [3.8, 4) is 67.8 Å². The molecular weight excluding hydrogens is 587 g/mol. The minimum absolute atomic E-state index is 0.566. The third kappa shape index (κ3) is 4.21. The molecule has 5 aromatic carbocycles. The van der Waals surface area contributed by atoms with Gasteiger partial charge in [0.2, 0.25) is 0 Å². The molecule has 0 bridgehead atoms. The molecule has 7 aromatic rings. The Morgan fingerprint density at radius 2 is 0.848 bits per heavy atom. The monoisotopic (exact) mass is 612 g/mol. The van der Waals surface area contributed by atoms with E-state index in [1.807, 2.05) is 91.0 Å². The summed E-state index contributed by atoms with van der Waals surface area (Å²) in [6.07, 6.45) is 3.59. The lowest BCUT2D eigenvalue weighted by Crippen LogP contribution is -2.35. The summed E-state index contributed by atoms with van der Waals surface area (Å²) in [5.74, 6) is 2.33. The van der Waals surface area contributed by atoms with E-state index in [0.29, 0.717) is 38.9 Å². The van der Waals surface area contributed by atoms with Gasteiger partial charge in [-0.3, -0.25) is 9.97 Å². The van der Waals surface area contributed by atoms with Gasteiger partial charge in [-0.25, -0.2) is 0 Å². The lowest BCUT2D eigenvalue weighted by atomic mass is 10.0. The predicted octanol–water partition coefficient (Wildman–Crippen LogP) is 9.00. The molecule has 2 aromatic heterocycles. The molecule has 0 saturated heterocycles. The number of benzene rings is 5. The van der Waals surface area contributed by atoms with Crippen molar-refractivity contribution in [2.45, 2.75) is 0 Å². The van der Waals surface area contributed by atoms with Crippen LogP contribution in [0, 0.1) is 0 Å². The molecule has 0 fully saturated rings. The van der Waals surface area contributed by atoms with Crippen LogP contribution < -0.4 is 25.4 Å². The van der Waals surface area contributed by atoms with Crippen LogP contribution in [-0.2, 0) is 4.57 Å². The van der Waals surface area contributed by atoms with Crippen LogP contribution in [-0.4, -0.2) is 9.97 Å². The Bertz CT molecular complexity index is 2160. The van der Waals surface area contributed by atoms with Gasteiger partial charge in [0, 0.05) is 23.5 Å². The first-order valence-electron chi connectivity index (χ1n) is 15.1. The van der Waals surface area contributed by atoms with Gasteiger partial charge < -0.3 is 14.0 Å². The summed E-state index contributed by atoms with van der Waals surface area (Å²) in [6, 6.07) is 46.0. The van der Waals surface area contributed by atoms with Gasteiger partial charge in [-0.05, 0) is 82.9 Å². The van der Waals surface area contributed by atoms with Gasteiger partial charge in [0.25, 0.3) is 0 Å². The molecule has 2 aliphatic rings. The van der Waals surface area contributed by atoms with Crippen LogP contribution in [0.3, 0.4) is 0 Å². The number of rotatable bonds is 4. The maximum Gasteiger partial charge on any atom is 0.185 e. The van der Waals surface area contributed by atoms with Crippen molar-refractivity contribution in [3.63, 3.8) is 0 Å². The summed E-state index contributed by atoms with van der Waals surface area (Å²) in [5.41, 5.74) is 7.99. The quantitative estimate of drug-likeness (QED) is 0.186. The largest absolute Gasteiger partial charge is 0.456 e. The summed E-state index contributed by atoms with van der Waals surface area (Å²) in [4.78, 5) is 8.92. The number of ether oxygens (including phenoxy) is 2. The second-order valence-corrected chi connectivity index (χ2v) is 14.0. The van der Waals surface area contributed by atoms with Gasteiger partial charge in [0.05, 0.1) is 22.0 Å². The Hall–Kier alpha value is -5.77. The van der Waals surface area contributed by atoms with Crippen LogP contribution in [0.15, 0.2) is 152 Å². The van der Waals surface area contributed by atoms with E-state index >= 15 is 4.57 Å². The SMILES string of the molecule is O=P12c3ccc(-c4ccc(-c5ccccn5)cc4)cc3Oc3cccc(c31)Oc1cc(-c3ccc(-c4ccccn4)cc3)ccc12. The second kappa shape index (κ2) is 10.4. The highest BCUT2D eigenvalue weighted by Crippen LogP contribution is 2.58. The fourth-order valence-corrected chi connectivity index (χ4v) is 9.40. The molecule has 6 heteroatoms. The van der Waals surface area contributed by atoms with Crippen LogP contribution in [0.5, 0.6) is 23.0 Å². The van der Waals surface area contributed by atoms with Crippen LogP contribution in [0.2, 0.25) is 0 Å². The van der Waals surface area contributed by atoms with E-state index in [1.54, 1.807) is 12.4 Å². The third-order valence-electron chi connectivity index (χ3n) is 8.67. The molecule has 0 radical (unpaired) electrons. The highest BCUT2D eigenvalue weighted by molar-refractivity contribution is 7.86. The van der Waals surface area contributed by atoms with E-state index in [4.69, 9.17) is 9.47 Å².